The Bertz CT molecular complexity index is 747. The minimum atomic E-state index is -1.11. The zero-order valence-corrected chi connectivity index (χ0v) is 16.2. The van der Waals surface area contributed by atoms with Crippen molar-refractivity contribution in [3.8, 4) is 17.2 Å². The molecular weight excluding hydrogens is 374 g/mol. The van der Waals surface area contributed by atoms with Crippen LogP contribution in [0.4, 0.5) is 0 Å². The molecule has 1 unspecified atom stereocenters. The summed E-state index contributed by atoms with van der Waals surface area (Å²) in [5.41, 5.74) is -0.618. The number of fused-ring (bicyclic) bond motifs is 1. The van der Waals surface area contributed by atoms with Crippen LogP contribution in [0.3, 0.4) is 0 Å². The second kappa shape index (κ2) is 8.51. The van der Waals surface area contributed by atoms with Crippen molar-refractivity contribution < 1.29 is 34.1 Å². The molecule has 1 aromatic rings. The van der Waals surface area contributed by atoms with E-state index < -0.39 is 30.1 Å². The van der Waals surface area contributed by atoms with Gasteiger partial charge in [-0.2, -0.15) is 11.8 Å². The maximum absolute atomic E-state index is 12.2. The molecule has 1 aliphatic heterocycles. The van der Waals surface area contributed by atoms with Crippen LogP contribution in [0, 0.1) is 0 Å². The second-order valence-electron chi connectivity index (χ2n) is 6.81. The molecule has 27 heavy (non-hydrogen) atoms. The number of carboxylic acids is 1. The third kappa shape index (κ3) is 5.53. The van der Waals surface area contributed by atoms with Gasteiger partial charge in [0.15, 0.2) is 12.4 Å². The Morgan fingerprint density at radius 3 is 2.74 bits per heavy atom. The molecule has 0 spiro atoms. The van der Waals surface area contributed by atoms with E-state index in [1.54, 1.807) is 13.8 Å². The number of carboxylic acid groups (broad SMARTS) is 1. The van der Waals surface area contributed by atoms with Gasteiger partial charge in [-0.05, 0) is 32.3 Å². The highest BCUT2D eigenvalue weighted by Gasteiger charge is 2.35. The molecule has 9 heteroatoms. The largest absolute Gasteiger partial charge is 0.507 e. The normalized spacial score (nSPS) is 16.0. The van der Waals surface area contributed by atoms with Gasteiger partial charge >= 0.3 is 5.97 Å². The van der Waals surface area contributed by atoms with Crippen LogP contribution in [0.25, 0.3) is 0 Å². The fourth-order valence-corrected chi connectivity index (χ4v) is 3.18. The Hall–Kier alpha value is -2.42. The number of carbonyl (C=O) groups excluding carboxylic acids is 2. The molecule has 2 rings (SSSR count). The van der Waals surface area contributed by atoms with Crippen molar-refractivity contribution in [2.45, 2.75) is 38.3 Å². The molecule has 0 aliphatic carbocycles. The molecule has 0 saturated carbocycles. The Morgan fingerprint density at radius 2 is 2.11 bits per heavy atom. The molecule has 1 atom stereocenters. The number of rotatable bonds is 8. The fraction of sp³-hybridized carbons (Fsp3) is 0.500. The lowest BCUT2D eigenvalue weighted by Gasteiger charge is -2.32. The van der Waals surface area contributed by atoms with Crippen molar-refractivity contribution >= 4 is 29.4 Å². The molecule has 1 aromatic carbocycles. The number of ketones is 1. The Balaban J connectivity index is 2.04. The van der Waals surface area contributed by atoms with E-state index in [1.165, 1.54) is 23.9 Å². The van der Waals surface area contributed by atoms with Crippen LogP contribution in [-0.2, 0) is 9.59 Å². The van der Waals surface area contributed by atoms with Gasteiger partial charge in [0.1, 0.15) is 34.5 Å². The summed E-state index contributed by atoms with van der Waals surface area (Å²) >= 11 is 1.48. The molecule has 1 aliphatic rings. The maximum atomic E-state index is 12.2. The summed E-state index contributed by atoms with van der Waals surface area (Å²) in [5, 5.41) is 21.6. The van der Waals surface area contributed by atoms with Crippen LogP contribution in [0.5, 0.6) is 17.2 Å². The smallest absolute Gasteiger partial charge is 0.326 e. The third-order valence-electron chi connectivity index (χ3n) is 3.92. The highest BCUT2D eigenvalue weighted by Crippen LogP contribution is 2.40. The van der Waals surface area contributed by atoms with Gasteiger partial charge in [-0.25, -0.2) is 4.79 Å². The average Bonchev–Trinajstić information content (AvgIpc) is 2.54. The van der Waals surface area contributed by atoms with E-state index in [1.807, 2.05) is 6.26 Å². The van der Waals surface area contributed by atoms with E-state index in [0.29, 0.717) is 12.2 Å². The number of Topliss-reactive ketones (excluding diaryl/α,β-unsaturated/α-hetero) is 1. The van der Waals surface area contributed by atoms with E-state index in [2.05, 4.69) is 5.32 Å². The molecule has 1 amide bonds. The fourth-order valence-electron chi connectivity index (χ4n) is 2.71. The van der Waals surface area contributed by atoms with Gasteiger partial charge in [0.2, 0.25) is 0 Å². The molecular formula is C18H23NO7S. The minimum absolute atomic E-state index is 0.0918. The van der Waals surface area contributed by atoms with Crippen LogP contribution >= 0.6 is 11.8 Å². The van der Waals surface area contributed by atoms with Crippen molar-refractivity contribution in [2.24, 2.45) is 0 Å². The van der Waals surface area contributed by atoms with E-state index in [9.17, 15) is 19.5 Å². The van der Waals surface area contributed by atoms with Crippen molar-refractivity contribution in [1.29, 1.82) is 0 Å². The topological polar surface area (TPSA) is 122 Å². The zero-order chi connectivity index (χ0) is 20.2. The van der Waals surface area contributed by atoms with Crippen LogP contribution in [0.15, 0.2) is 12.1 Å². The lowest BCUT2D eigenvalue weighted by molar-refractivity contribution is -0.142. The summed E-state index contributed by atoms with van der Waals surface area (Å²) in [5.74, 6) is -1.31. The van der Waals surface area contributed by atoms with E-state index in [-0.39, 0.29) is 35.0 Å². The predicted octanol–water partition coefficient (Wildman–Crippen LogP) is 1.84. The van der Waals surface area contributed by atoms with Gasteiger partial charge in [0.05, 0.1) is 6.42 Å². The molecule has 1 heterocycles. The minimum Gasteiger partial charge on any atom is -0.507 e. The molecule has 3 N–H and O–H groups in total. The first kappa shape index (κ1) is 20.9. The average molecular weight is 397 g/mol. The Labute approximate surface area is 161 Å². The van der Waals surface area contributed by atoms with E-state index >= 15 is 0 Å². The highest BCUT2D eigenvalue weighted by atomic mass is 32.2. The van der Waals surface area contributed by atoms with Crippen LogP contribution < -0.4 is 14.8 Å². The van der Waals surface area contributed by atoms with Gasteiger partial charge in [0, 0.05) is 12.1 Å². The standard InChI is InChI=1S/C18H23NO7S/c1-18(2)8-13(21)16-12(20)6-10(7-14(16)26-18)25-9-15(22)19-11(17(23)24)4-5-27-3/h6-7,11,20H,4-5,8-9H2,1-3H3,(H,19,22)(H,23,24). The number of aromatic hydroxyl groups is 1. The van der Waals surface area contributed by atoms with Gasteiger partial charge in [-0.15, -0.1) is 0 Å². The number of thioether (sulfide) groups is 1. The number of ether oxygens (including phenoxy) is 2. The van der Waals surface area contributed by atoms with Crippen LogP contribution in [0.1, 0.15) is 37.0 Å². The van der Waals surface area contributed by atoms with Gasteiger partial charge in [0.25, 0.3) is 5.91 Å². The lowest BCUT2D eigenvalue weighted by Crippen LogP contribution is -2.43. The first-order valence-electron chi connectivity index (χ1n) is 8.36. The monoisotopic (exact) mass is 397 g/mol. The van der Waals surface area contributed by atoms with Crippen molar-refractivity contribution in [3.05, 3.63) is 17.7 Å². The SMILES string of the molecule is CSCCC(NC(=O)COc1cc(O)c2c(c1)OC(C)(C)CC2=O)C(=O)O. The Kier molecular flexibility index (Phi) is 6.59. The molecule has 148 valence electrons. The Morgan fingerprint density at radius 1 is 1.41 bits per heavy atom. The van der Waals surface area contributed by atoms with E-state index in [0.717, 1.165) is 0 Å². The summed E-state index contributed by atoms with van der Waals surface area (Å²) < 4.78 is 11.1. The number of phenols is 1. The summed E-state index contributed by atoms with van der Waals surface area (Å²) in [6.07, 6.45) is 2.29. The number of phenolic OH excluding ortho intramolecular Hbond substituents is 1. The van der Waals surface area contributed by atoms with Crippen molar-refractivity contribution in [3.63, 3.8) is 0 Å². The van der Waals surface area contributed by atoms with Gasteiger partial charge in [-0.3, -0.25) is 9.59 Å². The molecule has 0 radical (unpaired) electrons. The number of carbonyl (C=O) groups is 3. The summed E-state index contributed by atoms with van der Waals surface area (Å²) in [6.45, 7) is 3.08. The van der Waals surface area contributed by atoms with Crippen molar-refractivity contribution in [2.75, 3.05) is 18.6 Å². The van der Waals surface area contributed by atoms with Gasteiger partial charge in [-0.1, -0.05) is 0 Å². The summed E-state index contributed by atoms with van der Waals surface area (Å²) in [7, 11) is 0. The summed E-state index contributed by atoms with van der Waals surface area (Å²) in [6, 6.07) is 1.67. The van der Waals surface area contributed by atoms with Crippen molar-refractivity contribution in [1.82, 2.24) is 5.32 Å². The number of aliphatic carboxylic acids is 1. The number of nitrogens with one attached hydrogen (secondary N) is 1. The lowest BCUT2D eigenvalue weighted by atomic mass is 9.92. The number of hydrogen-bond donors (Lipinski definition) is 3. The van der Waals surface area contributed by atoms with Gasteiger partial charge < -0.3 is 25.0 Å². The number of benzene rings is 1. The first-order valence-corrected chi connectivity index (χ1v) is 9.75. The molecule has 0 saturated heterocycles. The highest BCUT2D eigenvalue weighted by molar-refractivity contribution is 7.98. The maximum Gasteiger partial charge on any atom is 0.326 e. The van der Waals surface area contributed by atoms with E-state index in [4.69, 9.17) is 14.6 Å². The zero-order valence-electron chi connectivity index (χ0n) is 15.4. The van der Waals surface area contributed by atoms with Crippen LogP contribution in [-0.4, -0.2) is 58.1 Å². The third-order valence-corrected chi connectivity index (χ3v) is 4.56. The summed E-state index contributed by atoms with van der Waals surface area (Å²) in [4.78, 5) is 35.3. The quantitative estimate of drug-likeness (QED) is 0.607. The molecule has 0 bridgehead atoms. The molecule has 0 fully saturated rings. The molecule has 0 aromatic heterocycles. The number of amides is 1. The second-order valence-corrected chi connectivity index (χ2v) is 7.79. The number of hydrogen-bond acceptors (Lipinski definition) is 7. The first-order chi connectivity index (χ1) is 12.6. The molecule has 8 nitrogen and oxygen atoms in total. The predicted molar refractivity (Wildman–Crippen MR) is 99.8 cm³/mol. The van der Waals surface area contributed by atoms with Crippen LogP contribution in [0.2, 0.25) is 0 Å².